The summed E-state index contributed by atoms with van der Waals surface area (Å²) in [6, 6.07) is 10.1. The largest absolute Gasteiger partial charge is 0.373 e. The number of halogens is 1. The summed E-state index contributed by atoms with van der Waals surface area (Å²) < 4.78 is 1.21. The summed E-state index contributed by atoms with van der Waals surface area (Å²) in [7, 11) is 1.86. The van der Waals surface area contributed by atoms with Crippen molar-refractivity contribution < 1.29 is 0 Å². The lowest BCUT2D eigenvalue weighted by atomic mass is 9.96. The topological polar surface area (TPSA) is 49.8 Å². The van der Waals surface area contributed by atoms with Gasteiger partial charge < -0.3 is 10.6 Å². The molecule has 0 saturated carbocycles. The Balaban J connectivity index is 2.33. The van der Waals surface area contributed by atoms with Crippen LogP contribution in [-0.2, 0) is 5.41 Å². The highest BCUT2D eigenvalue weighted by Gasteiger charge is 2.19. The molecule has 2 aromatic rings. The molecule has 0 amide bonds. The van der Waals surface area contributed by atoms with Gasteiger partial charge in [0.1, 0.15) is 17.5 Å². The quantitative estimate of drug-likeness (QED) is 0.783. The molecule has 106 valence electrons. The van der Waals surface area contributed by atoms with Crippen LogP contribution in [0, 0.1) is 3.57 Å². The van der Waals surface area contributed by atoms with Crippen LogP contribution < -0.4 is 10.6 Å². The molecule has 1 aromatic heterocycles. The van der Waals surface area contributed by atoms with Crippen molar-refractivity contribution in [1.82, 2.24) is 9.97 Å². The van der Waals surface area contributed by atoms with Crippen LogP contribution in [0.15, 0.2) is 30.3 Å². The van der Waals surface area contributed by atoms with Gasteiger partial charge in [0.25, 0.3) is 0 Å². The number of rotatable bonds is 3. The lowest BCUT2D eigenvalue weighted by Gasteiger charge is -2.19. The van der Waals surface area contributed by atoms with Crippen molar-refractivity contribution in [3.63, 3.8) is 0 Å². The Labute approximate surface area is 133 Å². The first kappa shape index (κ1) is 15.0. The first-order valence-corrected chi connectivity index (χ1v) is 7.56. The molecule has 4 nitrogen and oxygen atoms in total. The molecule has 2 rings (SSSR count). The van der Waals surface area contributed by atoms with Crippen molar-refractivity contribution in [2.45, 2.75) is 26.2 Å². The maximum atomic E-state index is 4.61. The van der Waals surface area contributed by atoms with Crippen molar-refractivity contribution in [1.29, 1.82) is 0 Å². The molecule has 0 unspecified atom stereocenters. The van der Waals surface area contributed by atoms with Gasteiger partial charge in [-0.25, -0.2) is 9.97 Å². The summed E-state index contributed by atoms with van der Waals surface area (Å²) in [5.74, 6) is 2.44. The lowest BCUT2D eigenvalue weighted by molar-refractivity contribution is 0.547. The van der Waals surface area contributed by atoms with E-state index >= 15 is 0 Å². The third kappa shape index (κ3) is 3.82. The Bertz CT molecular complexity index is 588. The fourth-order valence-corrected chi connectivity index (χ4v) is 2.02. The number of benzene rings is 1. The Morgan fingerprint density at radius 2 is 1.60 bits per heavy atom. The van der Waals surface area contributed by atoms with Crippen LogP contribution in [0.5, 0.6) is 0 Å². The monoisotopic (exact) mass is 382 g/mol. The Morgan fingerprint density at radius 3 is 2.15 bits per heavy atom. The smallest absolute Gasteiger partial charge is 0.138 e. The van der Waals surface area contributed by atoms with Gasteiger partial charge in [-0.2, -0.15) is 0 Å². The molecule has 0 saturated heterocycles. The molecule has 0 fully saturated rings. The molecule has 2 N–H and O–H groups in total. The van der Waals surface area contributed by atoms with Crippen molar-refractivity contribution >= 4 is 39.9 Å². The second-order valence-electron chi connectivity index (χ2n) is 5.59. The van der Waals surface area contributed by atoms with Gasteiger partial charge >= 0.3 is 0 Å². The van der Waals surface area contributed by atoms with Gasteiger partial charge in [0.15, 0.2) is 0 Å². The zero-order valence-electron chi connectivity index (χ0n) is 12.2. The SMILES string of the molecule is CNc1cc(Nc2ccc(I)cc2)nc(C(C)(C)C)n1. The lowest BCUT2D eigenvalue weighted by Crippen LogP contribution is -2.17. The van der Waals surface area contributed by atoms with Crippen LogP contribution >= 0.6 is 22.6 Å². The van der Waals surface area contributed by atoms with Crippen LogP contribution in [-0.4, -0.2) is 17.0 Å². The summed E-state index contributed by atoms with van der Waals surface area (Å²) >= 11 is 2.29. The molecule has 1 aromatic carbocycles. The van der Waals surface area contributed by atoms with Crippen molar-refractivity contribution in [2.75, 3.05) is 17.7 Å². The van der Waals surface area contributed by atoms with E-state index in [0.29, 0.717) is 0 Å². The fourth-order valence-electron chi connectivity index (χ4n) is 1.66. The van der Waals surface area contributed by atoms with E-state index in [0.717, 1.165) is 23.1 Å². The van der Waals surface area contributed by atoms with E-state index in [2.05, 4.69) is 76.1 Å². The van der Waals surface area contributed by atoms with Gasteiger partial charge in [0.2, 0.25) is 0 Å². The molecule has 0 aliphatic rings. The fraction of sp³-hybridized carbons (Fsp3) is 0.333. The van der Waals surface area contributed by atoms with E-state index in [1.54, 1.807) is 0 Å². The first-order valence-electron chi connectivity index (χ1n) is 6.48. The van der Waals surface area contributed by atoms with Gasteiger partial charge in [0, 0.05) is 27.8 Å². The van der Waals surface area contributed by atoms with Gasteiger partial charge in [-0.3, -0.25) is 0 Å². The molecule has 0 radical (unpaired) electrons. The van der Waals surface area contributed by atoms with E-state index in [-0.39, 0.29) is 5.41 Å². The Kier molecular flexibility index (Phi) is 4.47. The molecule has 0 atom stereocenters. The molecular weight excluding hydrogens is 363 g/mol. The number of anilines is 3. The van der Waals surface area contributed by atoms with Gasteiger partial charge in [0.05, 0.1) is 0 Å². The van der Waals surface area contributed by atoms with Crippen LogP contribution in [0.25, 0.3) is 0 Å². The predicted octanol–water partition coefficient (Wildman–Crippen LogP) is 4.16. The van der Waals surface area contributed by atoms with E-state index < -0.39 is 0 Å². The minimum atomic E-state index is -0.0879. The molecule has 0 aliphatic carbocycles. The van der Waals surface area contributed by atoms with E-state index in [1.165, 1.54) is 3.57 Å². The van der Waals surface area contributed by atoms with Crippen LogP contribution in [0.4, 0.5) is 17.3 Å². The summed E-state index contributed by atoms with van der Waals surface area (Å²) in [6.07, 6.45) is 0. The summed E-state index contributed by atoms with van der Waals surface area (Å²) in [5.41, 5.74) is 0.932. The highest BCUT2D eigenvalue weighted by molar-refractivity contribution is 14.1. The molecule has 0 bridgehead atoms. The van der Waals surface area contributed by atoms with Crippen molar-refractivity contribution in [3.8, 4) is 0 Å². The second kappa shape index (κ2) is 5.95. The number of aromatic nitrogens is 2. The summed E-state index contributed by atoms with van der Waals surface area (Å²) in [5, 5.41) is 6.41. The van der Waals surface area contributed by atoms with Crippen LogP contribution in [0.3, 0.4) is 0 Å². The van der Waals surface area contributed by atoms with E-state index in [4.69, 9.17) is 0 Å². The Hall–Kier alpha value is -1.37. The van der Waals surface area contributed by atoms with Crippen molar-refractivity contribution in [3.05, 3.63) is 39.7 Å². The molecule has 1 heterocycles. The predicted molar refractivity (Wildman–Crippen MR) is 92.7 cm³/mol. The standard InChI is InChI=1S/C15H19IN4/c1-15(2,3)14-19-12(17-4)9-13(20-14)18-11-7-5-10(16)6-8-11/h5-9H,1-4H3,(H2,17,18,19,20). The minimum Gasteiger partial charge on any atom is -0.373 e. The third-order valence-corrected chi connectivity index (χ3v) is 3.49. The molecule has 0 aliphatic heterocycles. The van der Waals surface area contributed by atoms with Gasteiger partial charge in [-0.1, -0.05) is 20.8 Å². The van der Waals surface area contributed by atoms with Crippen LogP contribution in [0.2, 0.25) is 0 Å². The minimum absolute atomic E-state index is 0.0879. The first-order chi connectivity index (χ1) is 9.38. The number of nitrogens with one attached hydrogen (secondary N) is 2. The highest BCUT2D eigenvalue weighted by atomic mass is 127. The summed E-state index contributed by atoms with van der Waals surface area (Å²) in [4.78, 5) is 9.12. The molecular formula is C15H19IN4. The zero-order valence-corrected chi connectivity index (χ0v) is 14.3. The van der Waals surface area contributed by atoms with Gasteiger partial charge in [-0.05, 0) is 46.9 Å². The zero-order chi connectivity index (χ0) is 14.8. The second-order valence-corrected chi connectivity index (χ2v) is 6.84. The van der Waals surface area contributed by atoms with E-state index in [9.17, 15) is 0 Å². The average Bonchev–Trinajstić information content (AvgIpc) is 2.40. The third-order valence-electron chi connectivity index (χ3n) is 2.77. The maximum absolute atomic E-state index is 4.61. The molecule has 0 spiro atoms. The Morgan fingerprint density at radius 1 is 1.00 bits per heavy atom. The van der Waals surface area contributed by atoms with Gasteiger partial charge in [-0.15, -0.1) is 0 Å². The van der Waals surface area contributed by atoms with E-state index in [1.807, 2.05) is 25.2 Å². The summed E-state index contributed by atoms with van der Waals surface area (Å²) in [6.45, 7) is 6.32. The normalized spacial score (nSPS) is 11.2. The number of hydrogen-bond acceptors (Lipinski definition) is 4. The molecule has 20 heavy (non-hydrogen) atoms. The average molecular weight is 382 g/mol. The van der Waals surface area contributed by atoms with Crippen molar-refractivity contribution in [2.24, 2.45) is 0 Å². The number of hydrogen-bond donors (Lipinski definition) is 2. The highest BCUT2D eigenvalue weighted by Crippen LogP contribution is 2.24. The maximum Gasteiger partial charge on any atom is 0.138 e. The molecule has 5 heteroatoms. The number of nitrogens with zero attached hydrogens (tertiary/aromatic N) is 2. The van der Waals surface area contributed by atoms with Crippen LogP contribution in [0.1, 0.15) is 26.6 Å².